The molecular formula is C16H15BrClNO3. The van der Waals surface area contributed by atoms with Gasteiger partial charge in [0.2, 0.25) is 0 Å². The lowest BCUT2D eigenvalue weighted by Crippen LogP contribution is -2.10. The fourth-order valence-electron chi connectivity index (χ4n) is 1.86. The molecule has 0 spiro atoms. The largest absolute Gasteiger partial charge is 0.494 e. The van der Waals surface area contributed by atoms with Crippen LogP contribution < -0.4 is 10.1 Å². The van der Waals surface area contributed by atoms with Gasteiger partial charge in [-0.05, 0) is 48.9 Å². The summed E-state index contributed by atoms with van der Waals surface area (Å²) in [6.45, 7) is 1.16. The van der Waals surface area contributed by atoms with Gasteiger partial charge in [-0.1, -0.05) is 27.5 Å². The normalized spacial score (nSPS) is 10.3. The predicted molar refractivity (Wildman–Crippen MR) is 91.2 cm³/mol. The van der Waals surface area contributed by atoms with E-state index in [2.05, 4.69) is 21.2 Å². The maximum absolute atomic E-state index is 11.2. The van der Waals surface area contributed by atoms with Gasteiger partial charge in [0.25, 0.3) is 0 Å². The standard InChI is InChI=1S/C16H15BrClNO3/c17-11-2-7-15(14(10-11)16(20)21)19-8-1-9-22-13-5-3-12(18)4-6-13/h2-7,10,19H,1,8-9H2,(H,20,21). The molecule has 0 heterocycles. The number of anilines is 1. The average Bonchev–Trinajstić information content (AvgIpc) is 2.50. The Bertz CT molecular complexity index is 646. The quantitative estimate of drug-likeness (QED) is 0.680. The number of halogens is 2. The summed E-state index contributed by atoms with van der Waals surface area (Å²) in [6.07, 6.45) is 0.748. The predicted octanol–water partition coefficient (Wildman–Crippen LogP) is 4.68. The Kier molecular flexibility index (Phi) is 6.10. The SMILES string of the molecule is O=C(O)c1cc(Br)ccc1NCCCOc1ccc(Cl)cc1. The van der Waals surface area contributed by atoms with Gasteiger partial charge < -0.3 is 15.2 Å². The maximum Gasteiger partial charge on any atom is 0.337 e. The first-order valence-corrected chi connectivity index (χ1v) is 7.88. The molecule has 2 aromatic carbocycles. The number of hydrogen-bond acceptors (Lipinski definition) is 3. The molecule has 4 nitrogen and oxygen atoms in total. The summed E-state index contributed by atoms with van der Waals surface area (Å²) in [5.74, 6) is -0.194. The van der Waals surface area contributed by atoms with Gasteiger partial charge in [0.05, 0.1) is 12.2 Å². The summed E-state index contributed by atoms with van der Waals surface area (Å²) in [5, 5.41) is 13.0. The van der Waals surface area contributed by atoms with Gasteiger partial charge in [-0.15, -0.1) is 0 Å². The number of hydrogen-bond donors (Lipinski definition) is 2. The lowest BCUT2D eigenvalue weighted by Gasteiger charge is -2.11. The number of carboxylic acids is 1. The fraction of sp³-hybridized carbons (Fsp3) is 0.188. The minimum Gasteiger partial charge on any atom is -0.494 e. The minimum atomic E-state index is -0.957. The second kappa shape index (κ2) is 8.06. The van der Waals surface area contributed by atoms with Gasteiger partial charge in [-0.3, -0.25) is 0 Å². The van der Waals surface area contributed by atoms with Crippen molar-refractivity contribution in [2.45, 2.75) is 6.42 Å². The first-order chi connectivity index (χ1) is 10.6. The van der Waals surface area contributed by atoms with E-state index >= 15 is 0 Å². The summed E-state index contributed by atoms with van der Waals surface area (Å²) in [6, 6.07) is 12.3. The number of carboxylic acid groups (broad SMARTS) is 1. The molecule has 0 saturated carbocycles. The lowest BCUT2D eigenvalue weighted by atomic mass is 10.2. The molecule has 0 unspecified atom stereocenters. The molecule has 0 aliphatic heterocycles. The monoisotopic (exact) mass is 383 g/mol. The van der Waals surface area contributed by atoms with Crippen molar-refractivity contribution in [2.75, 3.05) is 18.5 Å². The summed E-state index contributed by atoms with van der Waals surface area (Å²) >= 11 is 9.07. The molecule has 2 rings (SSSR count). The Morgan fingerprint density at radius 3 is 2.64 bits per heavy atom. The molecule has 116 valence electrons. The van der Waals surface area contributed by atoms with Crippen LogP contribution in [0.5, 0.6) is 5.75 Å². The van der Waals surface area contributed by atoms with E-state index in [1.54, 1.807) is 30.3 Å². The third kappa shape index (κ3) is 4.93. The number of benzene rings is 2. The molecule has 2 aromatic rings. The second-order valence-corrected chi connectivity index (χ2v) is 5.93. The van der Waals surface area contributed by atoms with Crippen LogP contribution in [-0.2, 0) is 0 Å². The van der Waals surface area contributed by atoms with E-state index in [1.807, 2.05) is 12.1 Å². The average molecular weight is 385 g/mol. The van der Waals surface area contributed by atoms with Crippen molar-refractivity contribution in [3.8, 4) is 5.75 Å². The van der Waals surface area contributed by atoms with Crippen LogP contribution in [0.4, 0.5) is 5.69 Å². The third-order valence-corrected chi connectivity index (χ3v) is 3.68. The zero-order valence-corrected chi connectivity index (χ0v) is 14.0. The van der Waals surface area contributed by atoms with E-state index in [-0.39, 0.29) is 5.56 Å². The van der Waals surface area contributed by atoms with E-state index in [0.29, 0.717) is 23.9 Å². The van der Waals surface area contributed by atoms with Crippen molar-refractivity contribution in [1.29, 1.82) is 0 Å². The van der Waals surface area contributed by atoms with Crippen molar-refractivity contribution in [2.24, 2.45) is 0 Å². The van der Waals surface area contributed by atoms with E-state index in [0.717, 1.165) is 16.6 Å². The van der Waals surface area contributed by atoms with Crippen LogP contribution in [0.2, 0.25) is 5.02 Å². The molecule has 0 bridgehead atoms. The highest BCUT2D eigenvalue weighted by molar-refractivity contribution is 9.10. The van der Waals surface area contributed by atoms with Gasteiger partial charge in [0.1, 0.15) is 5.75 Å². The maximum atomic E-state index is 11.2. The summed E-state index contributed by atoms with van der Waals surface area (Å²) in [4.78, 5) is 11.2. The highest BCUT2D eigenvalue weighted by atomic mass is 79.9. The third-order valence-electron chi connectivity index (χ3n) is 2.93. The van der Waals surface area contributed by atoms with Gasteiger partial charge in [0.15, 0.2) is 0 Å². The number of aromatic carboxylic acids is 1. The number of rotatable bonds is 7. The highest BCUT2D eigenvalue weighted by Crippen LogP contribution is 2.21. The zero-order chi connectivity index (χ0) is 15.9. The summed E-state index contributed by atoms with van der Waals surface area (Å²) < 4.78 is 6.31. The van der Waals surface area contributed by atoms with Crippen LogP contribution in [0.15, 0.2) is 46.9 Å². The Morgan fingerprint density at radius 2 is 1.95 bits per heavy atom. The van der Waals surface area contributed by atoms with E-state index < -0.39 is 5.97 Å². The smallest absolute Gasteiger partial charge is 0.337 e. The topological polar surface area (TPSA) is 58.6 Å². The van der Waals surface area contributed by atoms with Crippen LogP contribution in [0, 0.1) is 0 Å². The first-order valence-electron chi connectivity index (χ1n) is 6.71. The van der Waals surface area contributed by atoms with Gasteiger partial charge in [0, 0.05) is 21.7 Å². The number of carbonyl (C=O) groups is 1. The molecule has 0 radical (unpaired) electrons. The zero-order valence-electron chi connectivity index (χ0n) is 11.7. The molecule has 0 aliphatic carbocycles. The second-order valence-electron chi connectivity index (χ2n) is 4.58. The van der Waals surface area contributed by atoms with Gasteiger partial charge >= 0.3 is 5.97 Å². The number of ether oxygens (including phenoxy) is 1. The number of nitrogens with one attached hydrogen (secondary N) is 1. The Balaban J connectivity index is 1.79. The molecule has 2 N–H and O–H groups in total. The van der Waals surface area contributed by atoms with Crippen LogP contribution in [0.1, 0.15) is 16.8 Å². The molecule has 0 aromatic heterocycles. The lowest BCUT2D eigenvalue weighted by molar-refractivity contribution is 0.0698. The molecule has 0 aliphatic rings. The van der Waals surface area contributed by atoms with Crippen molar-refractivity contribution < 1.29 is 14.6 Å². The van der Waals surface area contributed by atoms with E-state index in [1.165, 1.54) is 0 Å². The Labute approximate surface area is 142 Å². The van der Waals surface area contributed by atoms with Crippen molar-refractivity contribution >= 4 is 39.2 Å². The van der Waals surface area contributed by atoms with Crippen molar-refractivity contribution in [3.63, 3.8) is 0 Å². The van der Waals surface area contributed by atoms with Gasteiger partial charge in [-0.25, -0.2) is 4.79 Å². The Morgan fingerprint density at radius 1 is 1.23 bits per heavy atom. The molecule has 22 heavy (non-hydrogen) atoms. The minimum absolute atomic E-state index is 0.244. The molecule has 0 saturated heterocycles. The van der Waals surface area contributed by atoms with Crippen LogP contribution in [0.3, 0.4) is 0 Å². The highest BCUT2D eigenvalue weighted by Gasteiger charge is 2.09. The molecule has 0 amide bonds. The fourth-order valence-corrected chi connectivity index (χ4v) is 2.35. The first kappa shape index (κ1) is 16.6. The molecule has 0 atom stereocenters. The summed E-state index contributed by atoms with van der Waals surface area (Å²) in [7, 11) is 0. The van der Waals surface area contributed by atoms with Crippen LogP contribution >= 0.6 is 27.5 Å². The van der Waals surface area contributed by atoms with Crippen LogP contribution in [0.25, 0.3) is 0 Å². The Hall–Kier alpha value is -1.72. The van der Waals surface area contributed by atoms with Crippen LogP contribution in [-0.4, -0.2) is 24.2 Å². The van der Waals surface area contributed by atoms with E-state index in [4.69, 9.17) is 21.4 Å². The molecular weight excluding hydrogens is 370 g/mol. The van der Waals surface area contributed by atoms with Crippen molar-refractivity contribution in [3.05, 3.63) is 57.5 Å². The van der Waals surface area contributed by atoms with E-state index in [9.17, 15) is 4.79 Å². The molecule has 6 heteroatoms. The van der Waals surface area contributed by atoms with Gasteiger partial charge in [-0.2, -0.15) is 0 Å². The van der Waals surface area contributed by atoms with Crippen molar-refractivity contribution in [1.82, 2.24) is 0 Å². The molecule has 0 fully saturated rings. The summed E-state index contributed by atoms with van der Waals surface area (Å²) in [5.41, 5.74) is 0.843.